The van der Waals surface area contributed by atoms with Gasteiger partial charge < -0.3 is 15.3 Å². The molecule has 3 heteroatoms. The second kappa shape index (κ2) is 6.76. The zero-order chi connectivity index (χ0) is 12.8. The highest BCUT2D eigenvalue weighted by Crippen LogP contribution is 2.19. The summed E-state index contributed by atoms with van der Waals surface area (Å²) in [7, 11) is 0. The lowest BCUT2D eigenvalue weighted by atomic mass is 10.0. The van der Waals surface area contributed by atoms with Crippen molar-refractivity contribution in [1.82, 2.24) is 5.32 Å². The van der Waals surface area contributed by atoms with Crippen LogP contribution < -0.4 is 10.2 Å². The van der Waals surface area contributed by atoms with Crippen molar-refractivity contribution in [2.75, 3.05) is 24.6 Å². The zero-order valence-corrected chi connectivity index (χ0v) is 11.2. The number of benzene rings is 1. The number of anilines is 1. The lowest BCUT2D eigenvalue weighted by Crippen LogP contribution is -2.45. The standard InChI is InChI=1S/C15H24N2O/c1-13(9-12-18)16-14-7-10-17(11-8-14)15-5-3-2-4-6-15/h2-6,13-14,16,18H,7-12H2,1H3. The summed E-state index contributed by atoms with van der Waals surface area (Å²) in [5.41, 5.74) is 1.33. The summed E-state index contributed by atoms with van der Waals surface area (Å²) in [6.45, 7) is 4.66. The SMILES string of the molecule is CC(CCO)NC1CCN(c2ccccc2)CC1. The number of hydrogen-bond acceptors (Lipinski definition) is 3. The van der Waals surface area contributed by atoms with E-state index in [9.17, 15) is 0 Å². The molecule has 1 fully saturated rings. The Morgan fingerprint density at radius 1 is 1.28 bits per heavy atom. The van der Waals surface area contributed by atoms with E-state index in [2.05, 4.69) is 47.5 Å². The van der Waals surface area contributed by atoms with Gasteiger partial charge in [0.1, 0.15) is 0 Å². The maximum Gasteiger partial charge on any atom is 0.0445 e. The third-order valence-electron chi connectivity index (χ3n) is 3.70. The predicted molar refractivity (Wildman–Crippen MR) is 76.0 cm³/mol. The van der Waals surface area contributed by atoms with Crippen molar-refractivity contribution in [2.45, 2.75) is 38.3 Å². The van der Waals surface area contributed by atoms with E-state index in [1.54, 1.807) is 0 Å². The van der Waals surface area contributed by atoms with E-state index >= 15 is 0 Å². The normalized spacial score (nSPS) is 18.9. The minimum Gasteiger partial charge on any atom is -0.396 e. The van der Waals surface area contributed by atoms with Crippen LogP contribution in [0.15, 0.2) is 30.3 Å². The fraction of sp³-hybridized carbons (Fsp3) is 0.600. The van der Waals surface area contributed by atoms with Gasteiger partial charge in [-0.15, -0.1) is 0 Å². The Morgan fingerprint density at radius 2 is 1.94 bits per heavy atom. The van der Waals surface area contributed by atoms with E-state index in [0.717, 1.165) is 19.5 Å². The summed E-state index contributed by atoms with van der Waals surface area (Å²) in [5, 5.41) is 12.5. The Balaban J connectivity index is 1.78. The summed E-state index contributed by atoms with van der Waals surface area (Å²) in [5.74, 6) is 0. The third-order valence-corrected chi connectivity index (χ3v) is 3.70. The van der Waals surface area contributed by atoms with Crippen LogP contribution >= 0.6 is 0 Å². The molecule has 100 valence electrons. The third kappa shape index (κ3) is 3.72. The van der Waals surface area contributed by atoms with Crippen LogP contribution in [0.5, 0.6) is 0 Å². The number of nitrogens with one attached hydrogen (secondary N) is 1. The van der Waals surface area contributed by atoms with Crippen LogP contribution in [0.4, 0.5) is 5.69 Å². The maximum atomic E-state index is 8.91. The molecule has 1 aromatic rings. The van der Waals surface area contributed by atoms with Crippen LogP contribution in [0.1, 0.15) is 26.2 Å². The van der Waals surface area contributed by atoms with Crippen molar-refractivity contribution >= 4 is 5.69 Å². The molecule has 0 radical (unpaired) electrons. The number of hydrogen-bond donors (Lipinski definition) is 2. The van der Waals surface area contributed by atoms with Crippen LogP contribution in [-0.2, 0) is 0 Å². The molecule has 2 rings (SSSR count). The summed E-state index contributed by atoms with van der Waals surface area (Å²) in [6.07, 6.45) is 3.22. The highest BCUT2D eigenvalue weighted by molar-refractivity contribution is 5.46. The molecule has 0 aromatic heterocycles. The number of aliphatic hydroxyl groups excluding tert-OH is 1. The van der Waals surface area contributed by atoms with Crippen LogP contribution in [0.2, 0.25) is 0 Å². The summed E-state index contributed by atoms with van der Waals surface area (Å²) < 4.78 is 0. The second-order valence-electron chi connectivity index (χ2n) is 5.18. The maximum absolute atomic E-state index is 8.91. The van der Waals surface area contributed by atoms with Gasteiger partial charge in [-0.05, 0) is 38.3 Å². The highest BCUT2D eigenvalue weighted by atomic mass is 16.3. The first-order chi connectivity index (χ1) is 8.79. The van der Waals surface area contributed by atoms with E-state index in [0.29, 0.717) is 12.1 Å². The zero-order valence-electron chi connectivity index (χ0n) is 11.2. The van der Waals surface area contributed by atoms with E-state index in [4.69, 9.17) is 5.11 Å². The fourth-order valence-corrected chi connectivity index (χ4v) is 2.62. The molecule has 1 atom stereocenters. The van der Waals surface area contributed by atoms with Crippen LogP contribution in [0.25, 0.3) is 0 Å². The number of nitrogens with zero attached hydrogens (tertiary/aromatic N) is 1. The van der Waals surface area contributed by atoms with E-state index in [1.165, 1.54) is 18.5 Å². The molecule has 1 aliphatic heterocycles. The first kappa shape index (κ1) is 13.4. The molecule has 18 heavy (non-hydrogen) atoms. The fourth-order valence-electron chi connectivity index (χ4n) is 2.62. The van der Waals surface area contributed by atoms with E-state index in [-0.39, 0.29) is 6.61 Å². The molecule has 1 saturated heterocycles. The van der Waals surface area contributed by atoms with Gasteiger partial charge in [0.05, 0.1) is 0 Å². The van der Waals surface area contributed by atoms with Crippen LogP contribution in [0.3, 0.4) is 0 Å². The van der Waals surface area contributed by atoms with Gasteiger partial charge in [-0.1, -0.05) is 18.2 Å². The van der Waals surface area contributed by atoms with Gasteiger partial charge in [-0.2, -0.15) is 0 Å². The highest BCUT2D eigenvalue weighted by Gasteiger charge is 2.20. The van der Waals surface area contributed by atoms with E-state index in [1.807, 2.05) is 0 Å². The minimum atomic E-state index is 0.275. The number of piperidine rings is 1. The molecular weight excluding hydrogens is 224 g/mol. The average Bonchev–Trinajstić information content (AvgIpc) is 2.41. The molecule has 0 aliphatic carbocycles. The molecule has 1 aliphatic rings. The monoisotopic (exact) mass is 248 g/mol. The predicted octanol–water partition coefficient (Wildman–Crippen LogP) is 2.02. The van der Waals surface area contributed by atoms with Gasteiger partial charge in [0.25, 0.3) is 0 Å². The largest absolute Gasteiger partial charge is 0.396 e. The summed E-state index contributed by atoms with van der Waals surface area (Å²) in [6, 6.07) is 11.7. The molecular formula is C15H24N2O. The van der Waals surface area contributed by atoms with Gasteiger partial charge in [-0.3, -0.25) is 0 Å². The Kier molecular flexibility index (Phi) is 5.02. The molecule has 0 saturated carbocycles. The summed E-state index contributed by atoms with van der Waals surface area (Å²) >= 11 is 0. The van der Waals surface area contributed by atoms with Gasteiger partial charge in [-0.25, -0.2) is 0 Å². The Bertz CT molecular complexity index is 334. The van der Waals surface area contributed by atoms with Crippen LogP contribution in [-0.4, -0.2) is 36.9 Å². The average molecular weight is 248 g/mol. The lowest BCUT2D eigenvalue weighted by Gasteiger charge is -2.35. The molecule has 3 nitrogen and oxygen atoms in total. The number of aliphatic hydroxyl groups is 1. The molecule has 0 bridgehead atoms. The van der Waals surface area contributed by atoms with Crippen molar-refractivity contribution in [3.63, 3.8) is 0 Å². The topological polar surface area (TPSA) is 35.5 Å². The molecule has 2 N–H and O–H groups in total. The smallest absolute Gasteiger partial charge is 0.0445 e. The molecule has 1 heterocycles. The quantitative estimate of drug-likeness (QED) is 0.837. The van der Waals surface area contributed by atoms with E-state index < -0.39 is 0 Å². The van der Waals surface area contributed by atoms with Gasteiger partial charge in [0.2, 0.25) is 0 Å². The molecule has 1 aromatic carbocycles. The molecule has 0 spiro atoms. The summed E-state index contributed by atoms with van der Waals surface area (Å²) in [4.78, 5) is 2.45. The van der Waals surface area contributed by atoms with Crippen molar-refractivity contribution in [2.24, 2.45) is 0 Å². The first-order valence-electron chi connectivity index (χ1n) is 6.96. The Morgan fingerprint density at radius 3 is 2.56 bits per heavy atom. The molecule has 0 amide bonds. The van der Waals surface area contributed by atoms with Gasteiger partial charge >= 0.3 is 0 Å². The minimum absolute atomic E-state index is 0.275. The molecule has 1 unspecified atom stereocenters. The first-order valence-corrected chi connectivity index (χ1v) is 6.96. The lowest BCUT2D eigenvalue weighted by molar-refractivity contribution is 0.257. The second-order valence-corrected chi connectivity index (χ2v) is 5.18. The van der Waals surface area contributed by atoms with Crippen molar-refractivity contribution in [1.29, 1.82) is 0 Å². The van der Waals surface area contributed by atoms with Gasteiger partial charge in [0.15, 0.2) is 0 Å². The van der Waals surface area contributed by atoms with Crippen molar-refractivity contribution < 1.29 is 5.11 Å². The number of rotatable bonds is 5. The van der Waals surface area contributed by atoms with Crippen LogP contribution in [0, 0.1) is 0 Å². The van der Waals surface area contributed by atoms with Crippen molar-refractivity contribution in [3.05, 3.63) is 30.3 Å². The number of para-hydroxylation sites is 1. The van der Waals surface area contributed by atoms with Gasteiger partial charge in [0, 0.05) is 37.5 Å². The Labute approximate surface area is 110 Å². The Hall–Kier alpha value is -1.06. The van der Waals surface area contributed by atoms with Crippen molar-refractivity contribution in [3.8, 4) is 0 Å².